The molecule has 4 rings (SSSR count). The molecule has 0 bridgehead atoms. The van der Waals surface area contributed by atoms with Gasteiger partial charge in [0.2, 0.25) is 0 Å². The quantitative estimate of drug-likeness (QED) is 0.703. The highest BCUT2D eigenvalue weighted by Crippen LogP contribution is 2.33. The van der Waals surface area contributed by atoms with Crippen LogP contribution in [0.4, 0.5) is 17.2 Å². The van der Waals surface area contributed by atoms with Crippen molar-refractivity contribution in [1.29, 1.82) is 0 Å². The van der Waals surface area contributed by atoms with Crippen molar-refractivity contribution in [1.82, 2.24) is 4.98 Å². The fourth-order valence-electron chi connectivity index (χ4n) is 2.81. The van der Waals surface area contributed by atoms with E-state index in [4.69, 9.17) is 14.2 Å². The van der Waals surface area contributed by atoms with Crippen LogP contribution in [0.3, 0.4) is 0 Å². The molecule has 0 saturated heterocycles. The van der Waals surface area contributed by atoms with E-state index in [1.54, 1.807) is 37.6 Å². The number of hydrogen-bond donors (Lipinski definition) is 2. The number of ether oxygens (including phenoxy) is 3. The van der Waals surface area contributed by atoms with E-state index in [-0.39, 0.29) is 5.91 Å². The molecule has 1 aliphatic rings. The second kappa shape index (κ2) is 7.87. The summed E-state index contributed by atoms with van der Waals surface area (Å²) in [6, 6.07) is 16.1. The highest BCUT2D eigenvalue weighted by molar-refractivity contribution is 6.04. The van der Waals surface area contributed by atoms with Gasteiger partial charge in [-0.25, -0.2) is 4.98 Å². The molecule has 1 aromatic heterocycles. The molecule has 7 heteroatoms. The number of methoxy groups -OCH3 is 1. The average molecular weight is 377 g/mol. The number of fused-ring (bicyclic) bond motifs is 1. The summed E-state index contributed by atoms with van der Waals surface area (Å²) in [5.41, 5.74) is 1.93. The summed E-state index contributed by atoms with van der Waals surface area (Å²) in [5, 5.41) is 6.04. The van der Waals surface area contributed by atoms with E-state index in [2.05, 4.69) is 15.6 Å². The van der Waals surface area contributed by atoms with Gasteiger partial charge in [0.25, 0.3) is 5.91 Å². The summed E-state index contributed by atoms with van der Waals surface area (Å²) in [6.07, 6.45) is 1.58. The number of hydrogen-bond acceptors (Lipinski definition) is 6. The number of amides is 1. The second-order valence-electron chi connectivity index (χ2n) is 6.10. The smallest absolute Gasteiger partial charge is 0.255 e. The average Bonchev–Trinajstić information content (AvgIpc) is 2.74. The number of nitrogens with one attached hydrogen (secondary N) is 2. The van der Waals surface area contributed by atoms with Crippen LogP contribution in [-0.2, 0) is 0 Å². The predicted octanol–water partition coefficient (Wildman–Crippen LogP) is 3.86. The van der Waals surface area contributed by atoms with Gasteiger partial charge in [-0.05, 0) is 36.4 Å². The Hall–Kier alpha value is -3.74. The minimum Gasteiger partial charge on any atom is -0.497 e. The molecule has 142 valence electrons. The summed E-state index contributed by atoms with van der Waals surface area (Å²) in [5.74, 6) is 2.39. The number of anilines is 3. The second-order valence-corrected chi connectivity index (χ2v) is 6.10. The highest BCUT2D eigenvalue weighted by atomic mass is 16.6. The van der Waals surface area contributed by atoms with Gasteiger partial charge >= 0.3 is 0 Å². The maximum atomic E-state index is 12.6. The fourth-order valence-corrected chi connectivity index (χ4v) is 2.81. The molecule has 0 saturated carbocycles. The van der Waals surface area contributed by atoms with Gasteiger partial charge in [0, 0.05) is 35.3 Å². The Morgan fingerprint density at radius 1 is 1.00 bits per heavy atom. The number of carbonyl (C=O) groups is 1. The van der Waals surface area contributed by atoms with Crippen molar-refractivity contribution in [2.75, 3.05) is 31.0 Å². The van der Waals surface area contributed by atoms with Gasteiger partial charge in [-0.15, -0.1) is 0 Å². The molecule has 2 aromatic carbocycles. The molecule has 0 unspecified atom stereocenters. The van der Waals surface area contributed by atoms with Gasteiger partial charge in [-0.2, -0.15) is 0 Å². The first-order chi connectivity index (χ1) is 13.7. The topological polar surface area (TPSA) is 81.7 Å². The minimum atomic E-state index is -0.235. The molecule has 1 aliphatic heterocycles. The number of rotatable bonds is 5. The lowest BCUT2D eigenvalue weighted by Gasteiger charge is -2.19. The first-order valence-corrected chi connectivity index (χ1v) is 8.79. The standard InChI is InChI=1S/C21H19N3O4/c1-26-17-4-2-3-15(12-17)24-21(25)14-7-8-22-20(11-14)23-16-5-6-18-19(13-16)28-10-9-27-18/h2-8,11-13H,9-10H2,1H3,(H,22,23)(H,24,25). The van der Waals surface area contributed by atoms with Crippen molar-refractivity contribution in [3.63, 3.8) is 0 Å². The van der Waals surface area contributed by atoms with Gasteiger partial charge < -0.3 is 24.8 Å². The van der Waals surface area contributed by atoms with Gasteiger partial charge in [-0.3, -0.25) is 4.79 Å². The Bertz CT molecular complexity index is 1010. The lowest BCUT2D eigenvalue weighted by molar-refractivity contribution is 0.102. The maximum Gasteiger partial charge on any atom is 0.255 e. The number of aromatic nitrogens is 1. The van der Waals surface area contributed by atoms with E-state index >= 15 is 0 Å². The van der Waals surface area contributed by atoms with Crippen LogP contribution in [0.15, 0.2) is 60.8 Å². The first kappa shape index (κ1) is 17.7. The molecule has 2 N–H and O–H groups in total. The Morgan fingerprint density at radius 2 is 1.86 bits per heavy atom. The zero-order chi connectivity index (χ0) is 19.3. The minimum absolute atomic E-state index is 0.235. The van der Waals surface area contributed by atoms with Crippen molar-refractivity contribution < 1.29 is 19.0 Å². The van der Waals surface area contributed by atoms with E-state index in [1.165, 1.54) is 0 Å². The van der Waals surface area contributed by atoms with Crippen LogP contribution < -0.4 is 24.8 Å². The van der Waals surface area contributed by atoms with Crippen molar-refractivity contribution in [2.45, 2.75) is 0 Å². The van der Waals surface area contributed by atoms with Crippen molar-refractivity contribution in [2.24, 2.45) is 0 Å². The number of carbonyl (C=O) groups excluding carboxylic acids is 1. The molecule has 0 fully saturated rings. The van der Waals surface area contributed by atoms with E-state index < -0.39 is 0 Å². The van der Waals surface area contributed by atoms with Crippen LogP contribution in [0, 0.1) is 0 Å². The molecule has 7 nitrogen and oxygen atoms in total. The lowest BCUT2D eigenvalue weighted by atomic mass is 10.2. The molecule has 2 heterocycles. The Morgan fingerprint density at radius 3 is 2.71 bits per heavy atom. The van der Waals surface area contributed by atoms with Crippen molar-refractivity contribution >= 4 is 23.1 Å². The molecule has 1 amide bonds. The Kier molecular flexibility index (Phi) is 4.97. The third-order valence-corrected chi connectivity index (χ3v) is 4.16. The molecule has 0 atom stereocenters. The largest absolute Gasteiger partial charge is 0.497 e. The number of nitrogens with zero attached hydrogens (tertiary/aromatic N) is 1. The zero-order valence-corrected chi connectivity index (χ0v) is 15.3. The van der Waals surface area contributed by atoms with Crippen LogP contribution in [-0.4, -0.2) is 31.2 Å². The van der Waals surface area contributed by atoms with Crippen molar-refractivity contribution in [3.8, 4) is 17.2 Å². The predicted molar refractivity (Wildman–Crippen MR) is 106 cm³/mol. The monoisotopic (exact) mass is 377 g/mol. The van der Waals surface area contributed by atoms with E-state index in [1.807, 2.05) is 30.3 Å². The summed E-state index contributed by atoms with van der Waals surface area (Å²) >= 11 is 0. The van der Waals surface area contributed by atoms with Gasteiger partial charge in [0.05, 0.1) is 7.11 Å². The van der Waals surface area contributed by atoms with Crippen molar-refractivity contribution in [3.05, 3.63) is 66.4 Å². The molecule has 28 heavy (non-hydrogen) atoms. The number of benzene rings is 2. The SMILES string of the molecule is COc1cccc(NC(=O)c2ccnc(Nc3ccc4c(c3)OCCO4)c2)c1. The summed E-state index contributed by atoms with van der Waals surface area (Å²) < 4.78 is 16.3. The number of pyridine rings is 1. The summed E-state index contributed by atoms with van der Waals surface area (Å²) in [6.45, 7) is 1.07. The normalized spacial score (nSPS) is 12.2. The van der Waals surface area contributed by atoms with E-state index in [0.717, 1.165) is 11.4 Å². The van der Waals surface area contributed by atoms with Crippen LogP contribution in [0.2, 0.25) is 0 Å². The van der Waals surface area contributed by atoms with Crippen LogP contribution in [0.5, 0.6) is 17.2 Å². The highest BCUT2D eigenvalue weighted by Gasteiger charge is 2.13. The molecule has 0 radical (unpaired) electrons. The van der Waals surface area contributed by atoms with Crippen LogP contribution >= 0.6 is 0 Å². The maximum absolute atomic E-state index is 12.6. The zero-order valence-electron chi connectivity index (χ0n) is 15.3. The first-order valence-electron chi connectivity index (χ1n) is 8.79. The molecule has 0 aliphatic carbocycles. The Labute approximate surface area is 162 Å². The van der Waals surface area contributed by atoms with Crippen LogP contribution in [0.1, 0.15) is 10.4 Å². The fraction of sp³-hybridized carbons (Fsp3) is 0.143. The third kappa shape index (κ3) is 3.98. The molecular formula is C21H19N3O4. The third-order valence-electron chi connectivity index (χ3n) is 4.16. The molecule has 0 spiro atoms. The molecule has 3 aromatic rings. The van der Waals surface area contributed by atoms with Gasteiger partial charge in [-0.1, -0.05) is 6.07 Å². The van der Waals surface area contributed by atoms with Crippen LogP contribution in [0.25, 0.3) is 0 Å². The summed E-state index contributed by atoms with van der Waals surface area (Å²) in [7, 11) is 1.58. The van der Waals surface area contributed by atoms with E-state index in [0.29, 0.717) is 41.8 Å². The van der Waals surface area contributed by atoms with Gasteiger partial charge in [0.1, 0.15) is 24.8 Å². The molecular weight excluding hydrogens is 358 g/mol. The lowest BCUT2D eigenvalue weighted by Crippen LogP contribution is -2.15. The van der Waals surface area contributed by atoms with E-state index in [9.17, 15) is 4.79 Å². The summed E-state index contributed by atoms with van der Waals surface area (Å²) in [4.78, 5) is 16.8. The van der Waals surface area contributed by atoms with Gasteiger partial charge in [0.15, 0.2) is 11.5 Å². The Balaban J connectivity index is 1.48.